The van der Waals surface area contributed by atoms with Crippen molar-refractivity contribution in [1.29, 1.82) is 0 Å². The Morgan fingerprint density at radius 1 is 1.11 bits per heavy atom. The van der Waals surface area contributed by atoms with Crippen molar-refractivity contribution in [3.8, 4) is 5.75 Å². The predicted molar refractivity (Wildman–Crippen MR) is 104 cm³/mol. The first-order valence-corrected chi connectivity index (χ1v) is 9.08. The van der Waals surface area contributed by atoms with Gasteiger partial charge in [0.1, 0.15) is 5.75 Å². The number of rotatable bonds is 8. The van der Waals surface area contributed by atoms with Crippen molar-refractivity contribution in [1.82, 2.24) is 4.98 Å². The van der Waals surface area contributed by atoms with Gasteiger partial charge in [0, 0.05) is 6.42 Å². The van der Waals surface area contributed by atoms with E-state index in [1.54, 1.807) is 6.92 Å². The minimum absolute atomic E-state index is 0.151. The monoisotopic (exact) mass is 410 g/mol. The Bertz CT molecular complexity index is 810. The van der Waals surface area contributed by atoms with Crippen LogP contribution >= 0.6 is 23.2 Å². The number of halogens is 2. The third-order valence-corrected chi connectivity index (χ3v) is 4.21. The predicted octanol–water partition coefficient (Wildman–Crippen LogP) is 4.35. The molecule has 0 radical (unpaired) electrons. The maximum absolute atomic E-state index is 11.9. The number of hydrogen-bond acceptors (Lipinski definition) is 5. The molecule has 2 aromatic rings. The molecule has 1 amide bonds. The van der Waals surface area contributed by atoms with Crippen molar-refractivity contribution >= 4 is 40.9 Å². The second kappa shape index (κ2) is 10.1. The van der Waals surface area contributed by atoms with Crippen molar-refractivity contribution in [2.24, 2.45) is 0 Å². The van der Waals surface area contributed by atoms with E-state index >= 15 is 0 Å². The standard InChI is InChI=1S/C19H20Cl2N2O4/c1-12-5-7-14(8-6-12)26-9-3-4-18(25)27-11-17(24)23-19-16(21)10-15(20)13(2)22-19/h5-8,10H,3-4,9,11H2,1-2H3,(H,22,23,24). The number of benzene rings is 1. The molecule has 1 aromatic carbocycles. The van der Waals surface area contributed by atoms with E-state index in [4.69, 9.17) is 32.7 Å². The summed E-state index contributed by atoms with van der Waals surface area (Å²) in [5, 5.41) is 3.09. The second-order valence-corrected chi connectivity index (χ2v) is 6.67. The van der Waals surface area contributed by atoms with E-state index in [9.17, 15) is 9.59 Å². The van der Waals surface area contributed by atoms with Crippen LogP contribution in [0.1, 0.15) is 24.1 Å². The highest BCUT2D eigenvalue weighted by Crippen LogP contribution is 2.25. The van der Waals surface area contributed by atoms with E-state index < -0.39 is 18.5 Å². The van der Waals surface area contributed by atoms with Gasteiger partial charge in [-0.1, -0.05) is 40.9 Å². The summed E-state index contributed by atoms with van der Waals surface area (Å²) in [5.74, 6) is -0.0959. The van der Waals surface area contributed by atoms with Gasteiger partial charge in [0.05, 0.1) is 22.3 Å². The number of nitrogens with zero attached hydrogens (tertiary/aromatic N) is 1. The Balaban J connectivity index is 1.67. The number of carbonyl (C=O) groups excluding carboxylic acids is 2. The van der Waals surface area contributed by atoms with E-state index in [0.717, 1.165) is 11.3 Å². The van der Waals surface area contributed by atoms with Gasteiger partial charge in [-0.15, -0.1) is 0 Å². The van der Waals surface area contributed by atoms with Gasteiger partial charge in [0.25, 0.3) is 5.91 Å². The molecule has 0 fully saturated rings. The lowest BCUT2D eigenvalue weighted by Crippen LogP contribution is -2.22. The third-order valence-electron chi connectivity index (χ3n) is 3.54. The van der Waals surface area contributed by atoms with Gasteiger partial charge in [-0.25, -0.2) is 4.98 Å². The van der Waals surface area contributed by atoms with Crippen LogP contribution in [0, 0.1) is 13.8 Å². The summed E-state index contributed by atoms with van der Waals surface area (Å²) < 4.78 is 10.5. The molecule has 0 aliphatic rings. The number of aryl methyl sites for hydroxylation is 2. The molecule has 0 aliphatic carbocycles. The SMILES string of the molecule is Cc1ccc(OCCCC(=O)OCC(=O)Nc2nc(C)c(Cl)cc2Cl)cc1. The second-order valence-electron chi connectivity index (χ2n) is 5.86. The lowest BCUT2D eigenvalue weighted by atomic mass is 10.2. The largest absolute Gasteiger partial charge is 0.494 e. The van der Waals surface area contributed by atoms with Crippen LogP contribution in [-0.4, -0.2) is 30.1 Å². The van der Waals surface area contributed by atoms with Crippen molar-refractivity contribution in [3.63, 3.8) is 0 Å². The molecule has 0 saturated carbocycles. The van der Waals surface area contributed by atoms with Gasteiger partial charge in [0.2, 0.25) is 0 Å². The molecule has 8 heteroatoms. The first kappa shape index (κ1) is 21.0. The fraction of sp³-hybridized carbons (Fsp3) is 0.316. The summed E-state index contributed by atoms with van der Waals surface area (Å²) >= 11 is 11.9. The zero-order valence-electron chi connectivity index (χ0n) is 15.1. The summed E-state index contributed by atoms with van der Waals surface area (Å²) in [4.78, 5) is 27.6. The number of amides is 1. The molecule has 0 atom stereocenters. The minimum atomic E-state index is -0.532. The summed E-state index contributed by atoms with van der Waals surface area (Å²) in [6.45, 7) is 3.65. The number of aromatic nitrogens is 1. The van der Waals surface area contributed by atoms with Crippen LogP contribution in [0.4, 0.5) is 5.82 Å². The first-order chi connectivity index (χ1) is 12.8. The van der Waals surface area contributed by atoms with Crippen LogP contribution in [0.3, 0.4) is 0 Å². The molecule has 0 unspecified atom stereocenters. The Kier molecular flexibility index (Phi) is 7.88. The van der Waals surface area contributed by atoms with Gasteiger partial charge < -0.3 is 14.8 Å². The molecule has 0 bridgehead atoms. The summed E-state index contributed by atoms with van der Waals surface area (Å²) in [5.41, 5.74) is 1.68. The highest BCUT2D eigenvalue weighted by Gasteiger charge is 2.12. The number of esters is 1. The molecule has 144 valence electrons. The quantitative estimate of drug-likeness (QED) is 0.516. The first-order valence-electron chi connectivity index (χ1n) is 8.32. The molecule has 6 nitrogen and oxygen atoms in total. The average molecular weight is 411 g/mol. The van der Waals surface area contributed by atoms with Crippen LogP contribution in [-0.2, 0) is 14.3 Å². The fourth-order valence-corrected chi connectivity index (χ4v) is 2.48. The maximum atomic E-state index is 11.9. The highest BCUT2D eigenvalue weighted by atomic mass is 35.5. The molecule has 1 N–H and O–H groups in total. The minimum Gasteiger partial charge on any atom is -0.494 e. The molecule has 1 aromatic heterocycles. The Hall–Kier alpha value is -2.31. The van der Waals surface area contributed by atoms with Gasteiger partial charge in [-0.05, 0) is 38.5 Å². The number of nitrogens with one attached hydrogen (secondary N) is 1. The van der Waals surface area contributed by atoms with E-state index in [2.05, 4.69) is 10.3 Å². The van der Waals surface area contributed by atoms with Crippen molar-refractivity contribution in [3.05, 3.63) is 51.6 Å². The zero-order chi connectivity index (χ0) is 19.8. The van der Waals surface area contributed by atoms with Crippen LogP contribution in [0.15, 0.2) is 30.3 Å². The molecular formula is C19H20Cl2N2O4. The van der Waals surface area contributed by atoms with Crippen molar-refractivity contribution in [2.75, 3.05) is 18.5 Å². The lowest BCUT2D eigenvalue weighted by molar-refractivity contribution is -0.147. The Morgan fingerprint density at radius 3 is 2.52 bits per heavy atom. The van der Waals surface area contributed by atoms with Crippen molar-refractivity contribution in [2.45, 2.75) is 26.7 Å². The number of anilines is 1. The number of carbonyl (C=O) groups is 2. The summed E-state index contributed by atoms with van der Waals surface area (Å²) in [6, 6.07) is 9.13. The van der Waals surface area contributed by atoms with Crippen LogP contribution < -0.4 is 10.1 Å². The molecule has 27 heavy (non-hydrogen) atoms. The molecule has 0 aliphatic heterocycles. The highest BCUT2D eigenvalue weighted by molar-refractivity contribution is 6.36. The Morgan fingerprint density at radius 2 is 1.81 bits per heavy atom. The maximum Gasteiger partial charge on any atom is 0.306 e. The van der Waals surface area contributed by atoms with E-state index in [1.165, 1.54) is 6.07 Å². The number of hydrogen-bond donors (Lipinski definition) is 1. The van der Waals surface area contributed by atoms with E-state index in [1.807, 2.05) is 31.2 Å². The van der Waals surface area contributed by atoms with Crippen molar-refractivity contribution < 1.29 is 19.1 Å². The molecular weight excluding hydrogens is 391 g/mol. The normalized spacial score (nSPS) is 10.4. The molecule has 0 saturated heterocycles. The van der Waals surface area contributed by atoms with Crippen LogP contribution in [0.25, 0.3) is 0 Å². The molecule has 2 rings (SSSR count). The summed E-state index contributed by atoms with van der Waals surface area (Å²) in [7, 11) is 0. The van der Waals surface area contributed by atoms with Gasteiger partial charge in [-0.2, -0.15) is 0 Å². The van der Waals surface area contributed by atoms with Gasteiger partial charge in [-0.3, -0.25) is 9.59 Å². The van der Waals surface area contributed by atoms with Gasteiger partial charge >= 0.3 is 5.97 Å². The topological polar surface area (TPSA) is 77.5 Å². The summed E-state index contributed by atoms with van der Waals surface area (Å²) in [6.07, 6.45) is 0.635. The molecule has 0 spiro atoms. The van der Waals surface area contributed by atoms with Crippen LogP contribution in [0.2, 0.25) is 10.0 Å². The van der Waals surface area contributed by atoms with Gasteiger partial charge in [0.15, 0.2) is 12.4 Å². The lowest BCUT2D eigenvalue weighted by Gasteiger charge is -2.09. The number of ether oxygens (including phenoxy) is 2. The fourth-order valence-electron chi connectivity index (χ4n) is 2.07. The number of pyridine rings is 1. The Labute approximate surface area is 167 Å². The van der Waals surface area contributed by atoms with Crippen LogP contribution in [0.5, 0.6) is 5.75 Å². The molecule has 1 heterocycles. The zero-order valence-corrected chi connectivity index (χ0v) is 16.6. The van der Waals surface area contributed by atoms with E-state index in [0.29, 0.717) is 23.7 Å². The smallest absolute Gasteiger partial charge is 0.306 e. The van der Waals surface area contributed by atoms with E-state index in [-0.39, 0.29) is 17.3 Å². The third kappa shape index (κ3) is 7.07. The average Bonchev–Trinajstić information content (AvgIpc) is 2.63.